The summed E-state index contributed by atoms with van der Waals surface area (Å²) < 4.78 is 23.0. The van der Waals surface area contributed by atoms with Crippen molar-refractivity contribution < 1.29 is 8.42 Å². The van der Waals surface area contributed by atoms with E-state index in [1.807, 2.05) is 6.07 Å². The van der Waals surface area contributed by atoms with Crippen LogP contribution in [0.1, 0.15) is 42.7 Å². The normalized spacial score (nSPS) is 23.1. The van der Waals surface area contributed by atoms with E-state index in [4.69, 9.17) is 11.6 Å². The van der Waals surface area contributed by atoms with Gasteiger partial charge in [-0.15, -0.1) is 11.6 Å². The molecule has 1 aliphatic carbocycles. The lowest BCUT2D eigenvalue weighted by molar-refractivity contribution is 0.410. The molecular weight excluding hydrogens is 280 g/mol. The highest BCUT2D eigenvalue weighted by atomic mass is 35.5. The van der Waals surface area contributed by atoms with Gasteiger partial charge in [-0.05, 0) is 42.7 Å². The second-order valence-corrected chi connectivity index (χ2v) is 8.22. The standard InChI is InChI=1S/C15H21ClO2S/c1-2-19(17,18)11-5-7-13-10-9-12-6-3-4-8-14(12)15(13)16/h3-4,6,8,13,15H,2,5,7,9-11H2,1H3. The van der Waals surface area contributed by atoms with Gasteiger partial charge in [-0.1, -0.05) is 31.2 Å². The van der Waals surface area contributed by atoms with E-state index in [2.05, 4.69) is 18.2 Å². The van der Waals surface area contributed by atoms with Crippen molar-refractivity contribution in [2.24, 2.45) is 5.92 Å². The molecule has 106 valence electrons. The van der Waals surface area contributed by atoms with E-state index in [-0.39, 0.29) is 11.1 Å². The fourth-order valence-corrected chi connectivity index (χ4v) is 4.13. The first-order chi connectivity index (χ1) is 9.03. The van der Waals surface area contributed by atoms with Crippen molar-refractivity contribution in [3.8, 4) is 0 Å². The second-order valence-electron chi connectivity index (χ2n) is 5.28. The van der Waals surface area contributed by atoms with Gasteiger partial charge < -0.3 is 0 Å². The summed E-state index contributed by atoms with van der Waals surface area (Å²) >= 11 is 6.55. The molecule has 1 aromatic rings. The van der Waals surface area contributed by atoms with Crippen LogP contribution >= 0.6 is 11.6 Å². The van der Waals surface area contributed by atoms with E-state index < -0.39 is 9.84 Å². The first kappa shape index (κ1) is 14.9. The largest absolute Gasteiger partial charge is 0.229 e. The van der Waals surface area contributed by atoms with Crippen molar-refractivity contribution >= 4 is 21.4 Å². The monoisotopic (exact) mass is 300 g/mol. The van der Waals surface area contributed by atoms with Crippen molar-refractivity contribution in [3.05, 3.63) is 35.4 Å². The van der Waals surface area contributed by atoms with Crippen LogP contribution in [-0.4, -0.2) is 19.9 Å². The maximum atomic E-state index is 11.5. The molecule has 2 atom stereocenters. The van der Waals surface area contributed by atoms with Crippen LogP contribution < -0.4 is 0 Å². The van der Waals surface area contributed by atoms with Crippen LogP contribution in [0.3, 0.4) is 0 Å². The highest BCUT2D eigenvalue weighted by Gasteiger charge is 2.27. The van der Waals surface area contributed by atoms with E-state index in [9.17, 15) is 8.42 Å². The number of benzene rings is 1. The van der Waals surface area contributed by atoms with Crippen LogP contribution in [0.15, 0.2) is 24.3 Å². The van der Waals surface area contributed by atoms with Crippen molar-refractivity contribution in [3.63, 3.8) is 0 Å². The van der Waals surface area contributed by atoms with Crippen LogP contribution in [0.2, 0.25) is 0 Å². The summed E-state index contributed by atoms with van der Waals surface area (Å²) in [6.45, 7) is 1.70. The fourth-order valence-electron chi connectivity index (χ4n) is 2.77. The molecule has 1 aliphatic rings. The Hall–Kier alpha value is -0.540. The molecule has 0 fully saturated rings. The minimum Gasteiger partial charge on any atom is -0.229 e. The number of aryl methyl sites for hydroxylation is 1. The Kier molecular flexibility index (Phi) is 4.91. The van der Waals surface area contributed by atoms with Gasteiger partial charge in [-0.25, -0.2) is 8.42 Å². The van der Waals surface area contributed by atoms with Crippen molar-refractivity contribution in [1.29, 1.82) is 0 Å². The summed E-state index contributed by atoms with van der Waals surface area (Å²) in [6.07, 6.45) is 3.76. The molecule has 0 amide bonds. The van der Waals surface area contributed by atoms with Crippen molar-refractivity contribution in [2.45, 2.75) is 38.0 Å². The Morgan fingerprint density at radius 2 is 2.05 bits per heavy atom. The van der Waals surface area contributed by atoms with Gasteiger partial charge in [-0.2, -0.15) is 0 Å². The summed E-state index contributed by atoms with van der Waals surface area (Å²) in [5, 5.41) is 0.0364. The number of rotatable bonds is 5. The Balaban J connectivity index is 1.94. The van der Waals surface area contributed by atoms with Crippen LogP contribution in [0.4, 0.5) is 0 Å². The van der Waals surface area contributed by atoms with E-state index in [0.29, 0.717) is 11.7 Å². The second kappa shape index (κ2) is 6.27. The maximum Gasteiger partial charge on any atom is 0.150 e. The van der Waals surface area contributed by atoms with Crippen LogP contribution in [-0.2, 0) is 16.3 Å². The van der Waals surface area contributed by atoms with E-state index in [1.54, 1.807) is 6.92 Å². The minimum absolute atomic E-state index is 0.0364. The zero-order chi connectivity index (χ0) is 13.9. The third-order valence-corrected chi connectivity index (χ3v) is 6.40. The molecule has 0 saturated heterocycles. The van der Waals surface area contributed by atoms with Crippen molar-refractivity contribution in [2.75, 3.05) is 11.5 Å². The number of hydrogen-bond acceptors (Lipinski definition) is 2. The van der Waals surface area contributed by atoms with Gasteiger partial charge in [0.05, 0.1) is 11.1 Å². The minimum atomic E-state index is -2.84. The number of alkyl halides is 1. The molecule has 4 heteroatoms. The molecule has 0 bridgehead atoms. The lowest BCUT2D eigenvalue weighted by Crippen LogP contribution is -2.18. The quantitative estimate of drug-likeness (QED) is 0.776. The molecule has 0 N–H and O–H groups in total. The number of halogens is 1. The topological polar surface area (TPSA) is 34.1 Å². The summed E-state index contributed by atoms with van der Waals surface area (Å²) in [6, 6.07) is 8.32. The number of fused-ring (bicyclic) bond motifs is 1. The molecule has 2 rings (SSSR count). The Morgan fingerprint density at radius 1 is 1.32 bits per heavy atom. The molecule has 0 radical (unpaired) electrons. The smallest absolute Gasteiger partial charge is 0.150 e. The third kappa shape index (κ3) is 3.73. The fraction of sp³-hybridized carbons (Fsp3) is 0.600. The summed E-state index contributed by atoms with van der Waals surface area (Å²) in [4.78, 5) is 0. The molecule has 19 heavy (non-hydrogen) atoms. The average Bonchev–Trinajstić information content (AvgIpc) is 2.42. The Labute approximate surface area is 121 Å². The molecule has 0 saturated carbocycles. The van der Waals surface area contributed by atoms with Gasteiger partial charge in [0.25, 0.3) is 0 Å². The molecule has 0 aromatic heterocycles. The highest BCUT2D eigenvalue weighted by molar-refractivity contribution is 7.91. The highest BCUT2D eigenvalue weighted by Crippen LogP contribution is 2.41. The van der Waals surface area contributed by atoms with Gasteiger partial charge in [0.1, 0.15) is 9.84 Å². The molecular formula is C15H21ClO2S. The van der Waals surface area contributed by atoms with Crippen LogP contribution in [0.5, 0.6) is 0 Å². The first-order valence-electron chi connectivity index (χ1n) is 6.96. The molecule has 0 aliphatic heterocycles. The molecule has 0 spiro atoms. The Bertz CT molecular complexity index is 525. The lowest BCUT2D eigenvalue weighted by Gasteiger charge is -2.29. The first-order valence-corrected chi connectivity index (χ1v) is 9.21. The predicted octanol–water partition coefficient (Wildman–Crippen LogP) is 3.74. The van der Waals surface area contributed by atoms with Gasteiger partial charge in [-0.3, -0.25) is 0 Å². The zero-order valence-corrected chi connectivity index (χ0v) is 12.9. The van der Waals surface area contributed by atoms with Gasteiger partial charge >= 0.3 is 0 Å². The lowest BCUT2D eigenvalue weighted by atomic mass is 9.81. The summed E-state index contributed by atoms with van der Waals surface area (Å²) in [5.41, 5.74) is 2.58. The van der Waals surface area contributed by atoms with Crippen LogP contribution in [0, 0.1) is 5.92 Å². The van der Waals surface area contributed by atoms with Gasteiger partial charge in [0, 0.05) is 5.75 Å². The third-order valence-electron chi connectivity index (χ3n) is 4.02. The molecule has 1 aromatic carbocycles. The average molecular weight is 301 g/mol. The van der Waals surface area contributed by atoms with E-state index >= 15 is 0 Å². The van der Waals surface area contributed by atoms with Crippen molar-refractivity contribution in [1.82, 2.24) is 0 Å². The SMILES string of the molecule is CCS(=O)(=O)CCCC1CCc2ccccc2C1Cl. The maximum absolute atomic E-state index is 11.5. The van der Waals surface area contributed by atoms with Crippen LogP contribution in [0.25, 0.3) is 0 Å². The zero-order valence-electron chi connectivity index (χ0n) is 11.3. The molecule has 0 heterocycles. The van der Waals surface area contributed by atoms with Gasteiger partial charge in [0.2, 0.25) is 0 Å². The summed E-state index contributed by atoms with van der Waals surface area (Å²) in [5.74, 6) is 0.944. The molecule has 2 nitrogen and oxygen atoms in total. The van der Waals surface area contributed by atoms with E-state index in [1.165, 1.54) is 11.1 Å². The molecule has 2 unspecified atom stereocenters. The van der Waals surface area contributed by atoms with Gasteiger partial charge in [0.15, 0.2) is 0 Å². The number of sulfone groups is 1. The summed E-state index contributed by atoms with van der Waals surface area (Å²) in [7, 11) is -2.84. The van der Waals surface area contributed by atoms with E-state index in [0.717, 1.165) is 25.7 Å². The predicted molar refractivity (Wildman–Crippen MR) is 80.4 cm³/mol. The number of hydrogen-bond donors (Lipinski definition) is 0. The Morgan fingerprint density at radius 3 is 2.79 bits per heavy atom.